The van der Waals surface area contributed by atoms with Gasteiger partial charge in [-0.2, -0.15) is 0 Å². The molecule has 190 valence electrons. The number of ketones is 1. The van der Waals surface area contributed by atoms with Crippen molar-refractivity contribution in [3.63, 3.8) is 0 Å². The van der Waals surface area contributed by atoms with Crippen molar-refractivity contribution < 1.29 is 4.79 Å². The molecule has 3 heterocycles. The monoisotopic (exact) mass is 479 g/mol. The fourth-order valence-electron chi connectivity index (χ4n) is 4.35. The average Bonchev–Trinajstić information content (AvgIpc) is 3.51. The van der Waals surface area contributed by atoms with Crippen LogP contribution in [0.3, 0.4) is 0 Å². The molecule has 8 heteroatoms. The zero-order valence-corrected chi connectivity index (χ0v) is 21.6. The molecule has 0 aliphatic rings. The summed E-state index contributed by atoms with van der Waals surface area (Å²) in [6.45, 7) is 10.0. The molecular weight excluding hydrogens is 438 g/mol. The highest BCUT2D eigenvalue weighted by Crippen LogP contribution is 2.13. The van der Waals surface area contributed by atoms with Gasteiger partial charge in [0.1, 0.15) is 17.3 Å². The maximum Gasteiger partial charge on any atom is 0.181 e. The minimum Gasteiger partial charge on any atom is -0.348 e. The van der Waals surface area contributed by atoms with Gasteiger partial charge in [-0.1, -0.05) is 26.3 Å². The van der Waals surface area contributed by atoms with Gasteiger partial charge in [0.15, 0.2) is 5.78 Å². The third kappa shape index (κ3) is 9.03. The van der Waals surface area contributed by atoms with Gasteiger partial charge in [0.25, 0.3) is 0 Å². The number of nitrogens with zero attached hydrogens (tertiary/aromatic N) is 6. The van der Waals surface area contributed by atoms with E-state index in [1.807, 2.05) is 48.5 Å². The molecule has 0 bridgehead atoms. The largest absolute Gasteiger partial charge is 0.348 e. The lowest BCUT2D eigenvalue weighted by atomic mass is 10.1. The van der Waals surface area contributed by atoms with Crippen molar-refractivity contribution >= 4 is 5.78 Å². The molecule has 0 aliphatic carbocycles. The highest BCUT2D eigenvalue weighted by atomic mass is 16.1. The molecule has 0 saturated carbocycles. The maximum absolute atomic E-state index is 12.6. The summed E-state index contributed by atoms with van der Waals surface area (Å²) in [6.07, 6.45) is 15.3. The van der Waals surface area contributed by atoms with Crippen LogP contribution in [0.5, 0.6) is 0 Å². The van der Waals surface area contributed by atoms with Crippen LogP contribution in [0.25, 0.3) is 0 Å². The summed E-state index contributed by atoms with van der Waals surface area (Å²) in [7, 11) is 2.00. The number of nitrogens with one attached hydrogen (secondary N) is 1. The molecule has 0 unspecified atom stereocenters. The Balaban J connectivity index is 1.48. The maximum atomic E-state index is 12.6. The summed E-state index contributed by atoms with van der Waals surface area (Å²) in [6, 6.07) is 3.88. The minimum absolute atomic E-state index is 0.135. The molecule has 0 aliphatic heterocycles. The Hall–Kier alpha value is -2.84. The number of H-pyrrole nitrogens is 1. The number of aromatic amines is 1. The van der Waals surface area contributed by atoms with Gasteiger partial charge in [-0.05, 0) is 56.9 Å². The minimum atomic E-state index is 0.135. The molecular formula is C27H41N7O. The van der Waals surface area contributed by atoms with Gasteiger partial charge in [-0.15, -0.1) is 0 Å². The lowest BCUT2D eigenvalue weighted by Crippen LogP contribution is -2.26. The van der Waals surface area contributed by atoms with Crippen molar-refractivity contribution in [2.75, 3.05) is 19.6 Å². The lowest BCUT2D eigenvalue weighted by Gasteiger charge is -2.21. The first-order valence-electron chi connectivity index (χ1n) is 13.0. The molecule has 0 atom stereocenters. The van der Waals surface area contributed by atoms with E-state index in [0.29, 0.717) is 31.7 Å². The molecule has 0 radical (unpaired) electrons. The molecule has 3 rings (SSSR count). The quantitative estimate of drug-likeness (QED) is 0.225. The number of hydrogen-bond acceptors (Lipinski definition) is 6. The number of rotatable bonds is 17. The van der Waals surface area contributed by atoms with Crippen LogP contribution in [0.2, 0.25) is 0 Å². The third-order valence-corrected chi connectivity index (χ3v) is 6.19. The van der Waals surface area contributed by atoms with Crippen molar-refractivity contribution in [3.8, 4) is 0 Å². The van der Waals surface area contributed by atoms with Crippen molar-refractivity contribution in [1.82, 2.24) is 34.3 Å². The number of aryl methyl sites for hydroxylation is 1. The molecule has 0 amide bonds. The predicted molar refractivity (Wildman–Crippen MR) is 139 cm³/mol. The van der Waals surface area contributed by atoms with Crippen LogP contribution in [-0.4, -0.2) is 59.7 Å². The zero-order valence-electron chi connectivity index (χ0n) is 21.6. The molecule has 0 fully saturated rings. The lowest BCUT2D eigenvalue weighted by molar-refractivity contribution is 0.0974. The van der Waals surface area contributed by atoms with Crippen LogP contribution >= 0.6 is 0 Å². The standard InChI is InChI=1S/C27H41N7O/c1-4-15-33(16-5-2)17-8-6-7-9-25(35)24-11-10-23(19-31-24)20-34(21-26-28-12-13-29-26)22-27-30-14-18-32(27)3/h10-14,18-19H,4-9,15-17,20-22H2,1-3H3,(H,28,29). The number of carbonyl (C=O) groups is 1. The summed E-state index contributed by atoms with van der Waals surface area (Å²) in [5.41, 5.74) is 1.63. The van der Waals surface area contributed by atoms with Crippen molar-refractivity contribution in [2.45, 2.75) is 72.0 Å². The van der Waals surface area contributed by atoms with E-state index in [1.165, 1.54) is 25.9 Å². The van der Waals surface area contributed by atoms with E-state index in [4.69, 9.17) is 0 Å². The topological polar surface area (TPSA) is 82.9 Å². The van der Waals surface area contributed by atoms with E-state index in [-0.39, 0.29) is 5.78 Å². The van der Waals surface area contributed by atoms with Crippen molar-refractivity contribution in [1.29, 1.82) is 0 Å². The predicted octanol–water partition coefficient (Wildman–Crippen LogP) is 4.61. The van der Waals surface area contributed by atoms with E-state index in [2.05, 4.69) is 43.6 Å². The average molecular weight is 480 g/mol. The summed E-state index contributed by atoms with van der Waals surface area (Å²) in [4.78, 5) is 33.9. The van der Waals surface area contributed by atoms with Crippen molar-refractivity contribution in [2.24, 2.45) is 7.05 Å². The van der Waals surface area contributed by atoms with Crippen LogP contribution in [0.4, 0.5) is 0 Å². The summed E-state index contributed by atoms with van der Waals surface area (Å²) < 4.78 is 2.03. The third-order valence-electron chi connectivity index (χ3n) is 6.19. The van der Waals surface area contributed by atoms with E-state index in [9.17, 15) is 4.79 Å². The number of aromatic nitrogens is 5. The first kappa shape index (κ1) is 26.8. The van der Waals surface area contributed by atoms with Crippen LogP contribution in [0.1, 0.15) is 80.1 Å². The van der Waals surface area contributed by atoms with E-state index >= 15 is 0 Å². The van der Waals surface area contributed by atoms with Crippen LogP contribution in [-0.2, 0) is 26.7 Å². The summed E-state index contributed by atoms with van der Waals surface area (Å²) >= 11 is 0. The van der Waals surface area contributed by atoms with Crippen LogP contribution in [0.15, 0.2) is 43.1 Å². The van der Waals surface area contributed by atoms with Crippen molar-refractivity contribution in [3.05, 3.63) is 66.0 Å². The molecule has 1 N–H and O–H groups in total. The number of unbranched alkanes of at least 4 members (excludes halogenated alkanes) is 2. The normalized spacial score (nSPS) is 11.6. The van der Waals surface area contributed by atoms with Gasteiger partial charge in [0.05, 0.1) is 13.1 Å². The van der Waals surface area contributed by atoms with Gasteiger partial charge in [-0.3, -0.25) is 14.7 Å². The molecule has 0 spiro atoms. The molecule has 0 aromatic carbocycles. The Morgan fingerprint density at radius 2 is 1.74 bits per heavy atom. The SMILES string of the molecule is CCCN(CCC)CCCCCC(=O)c1ccc(CN(Cc2ncc[nH]2)Cc2nccn2C)cn1. The first-order chi connectivity index (χ1) is 17.1. The van der Waals surface area contributed by atoms with Gasteiger partial charge in [0, 0.05) is 51.0 Å². The van der Waals surface area contributed by atoms with Gasteiger partial charge < -0.3 is 14.5 Å². The number of hydrogen-bond donors (Lipinski definition) is 1. The molecule has 0 saturated heterocycles. The van der Waals surface area contributed by atoms with E-state index in [1.54, 1.807) is 6.20 Å². The van der Waals surface area contributed by atoms with Crippen LogP contribution < -0.4 is 0 Å². The Labute approximate surface area is 209 Å². The van der Waals surface area contributed by atoms with Gasteiger partial charge in [0.2, 0.25) is 0 Å². The second-order valence-corrected chi connectivity index (χ2v) is 9.26. The van der Waals surface area contributed by atoms with E-state index < -0.39 is 0 Å². The van der Waals surface area contributed by atoms with Gasteiger partial charge in [-0.25, -0.2) is 9.97 Å². The smallest absolute Gasteiger partial charge is 0.181 e. The number of Topliss-reactive ketones (excluding diaryl/α,β-unsaturated/α-hetero) is 1. The molecule has 35 heavy (non-hydrogen) atoms. The first-order valence-corrected chi connectivity index (χ1v) is 13.0. The highest BCUT2D eigenvalue weighted by molar-refractivity contribution is 5.94. The molecule has 3 aromatic heterocycles. The van der Waals surface area contributed by atoms with Gasteiger partial charge >= 0.3 is 0 Å². The van der Waals surface area contributed by atoms with Crippen LogP contribution in [0, 0.1) is 0 Å². The zero-order chi connectivity index (χ0) is 24.9. The number of imidazole rings is 2. The molecule has 3 aromatic rings. The Bertz CT molecular complexity index is 975. The second-order valence-electron chi connectivity index (χ2n) is 9.26. The Kier molecular flexibility index (Phi) is 11.1. The summed E-state index contributed by atoms with van der Waals surface area (Å²) in [5.74, 6) is 2.03. The Morgan fingerprint density at radius 1 is 0.914 bits per heavy atom. The highest BCUT2D eigenvalue weighted by Gasteiger charge is 2.14. The second kappa shape index (κ2) is 14.5. The number of carbonyl (C=O) groups excluding carboxylic acids is 1. The molecule has 8 nitrogen and oxygen atoms in total. The Morgan fingerprint density at radius 3 is 2.37 bits per heavy atom. The fraction of sp³-hybridized carbons (Fsp3) is 0.556. The fourth-order valence-corrected chi connectivity index (χ4v) is 4.35. The number of pyridine rings is 1. The summed E-state index contributed by atoms with van der Waals surface area (Å²) in [5, 5.41) is 0. The van der Waals surface area contributed by atoms with E-state index in [0.717, 1.165) is 43.0 Å².